The van der Waals surface area contributed by atoms with Crippen molar-refractivity contribution >= 4 is 27.3 Å². The number of amides is 1. The standard InChI is InChI=1S/C18H21FN2O3S2/c19-15-8-6-14(7-9-15)13-20-17(22)12-16-4-1-2-10-21(16)26(23,24)18-5-3-11-25-18/h3,5-9,11,16H,1-2,4,10,12-13H2,(H,20,22)/t16-/m0/s1. The van der Waals surface area contributed by atoms with Crippen molar-refractivity contribution in [3.05, 3.63) is 53.2 Å². The summed E-state index contributed by atoms with van der Waals surface area (Å²) in [4.78, 5) is 12.3. The van der Waals surface area contributed by atoms with E-state index in [-0.39, 0.29) is 24.2 Å². The molecule has 1 aliphatic rings. The molecule has 2 heterocycles. The van der Waals surface area contributed by atoms with E-state index in [1.165, 1.54) is 27.8 Å². The Morgan fingerprint density at radius 1 is 1.23 bits per heavy atom. The van der Waals surface area contributed by atoms with Gasteiger partial charge in [0.05, 0.1) is 0 Å². The van der Waals surface area contributed by atoms with Crippen molar-refractivity contribution < 1.29 is 17.6 Å². The molecular formula is C18H21FN2O3S2. The highest BCUT2D eigenvalue weighted by Gasteiger charge is 2.35. The third-order valence-corrected chi connectivity index (χ3v) is 7.78. The maximum Gasteiger partial charge on any atom is 0.252 e. The second kappa shape index (κ2) is 8.28. The van der Waals surface area contributed by atoms with Gasteiger partial charge < -0.3 is 5.32 Å². The Balaban J connectivity index is 1.63. The van der Waals surface area contributed by atoms with Gasteiger partial charge in [0.25, 0.3) is 10.0 Å². The lowest BCUT2D eigenvalue weighted by molar-refractivity contribution is -0.122. The van der Waals surface area contributed by atoms with Crippen molar-refractivity contribution in [1.29, 1.82) is 0 Å². The van der Waals surface area contributed by atoms with E-state index in [0.717, 1.165) is 18.4 Å². The van der Waals surface area contributed by atoms with Crippen LogP contribution in [0.1, 0.15) is 31.2 Å². The summed E-state index contributed by atoms with van der Waals surface area (Å²) in [5.74, 6) is -0.524. The molecule has 1 aromatic carbocycles. The third-order valence-electron chi connectivity index (χ3n) is 4.46. The quantitative estimate of drug-likeness (QED) is 0.816. The van der Waals surface area contributed by atoms with Crippen molar-refractivity contribution in [1.82, 2.24) is 9.62 Å². The summed E-state index contributed by atoms with van der Waals surface area (Å²) in [5, 5.41) is 4.53. The molecule has 0 radical (unpaired) electrons. The zero-order chi connectivity index (χ0) is 18.6. The highest BCUT2D eigenvalue weighted by atomic mass is 32.2. The molecule has 5 nitrogen and oxygen atoms in total. The van der Waals surface area contributed by atoms with Crippen LogP contribution in [0.3, 0.4) is 0 Å². The Labute approximate surface area is 156 Å². The first-order valence-electron chi connectivity index (χ1n) is 8.53. The average Bonchev–Trinajstić information content (AvgIpc) is 3.17. The molecule has 3 rings (SSSR count). The lowest BCUT2D eigenvalue weighted by atomic mass is 10.0. The molecule has 1 saturated heterocycles. The summed E-state index contributed by atoms with van der Waals surface area (Å²) in [7, 11) is -3.56. The Morgan fingerprint density at radius 3 is 2.69 bits per heavy atom. The smallest absolute Gasteiger partial charge is 0.252 e. The minimum Gasteiger partial charge on any atom is -0.352 e. The molecule has 0 saturated carbocycles. The maximum atomic E-state index is 12.9. The number of rotatable bonds is 6. The van der Waals surface area contributed by atoms with Crippen LogP contribution in [0.15, 0.2) is 46.0 Å². The van der Waals surface area contributed by atoms with E-state index in [4.69, 9.17) is 0 Å². The van der Waals surface area contributed by atoms with Crippen LogP contribution in [-0.2, 0) is 21.4 Å². The largest absolute Gasteiger partial charge is 0.352 e. The second-order valence-electron chi connectivity index (χ2n) is 6.30. The van der Waals surface area contributed by atoms with Crippen molar-refractivity contribution in [2.24, 2.45) is 0 Å². The summed E-state index contributed by atoms with van der Waals surface area (Å²) in [6.45, 7) is 0.736. The van der Waals surface area contributed by atoms with Gasteiger partial charge in [0, 0.05) is 25.6 Å². The van der Waals surface area contributed by atoms with Gasteiger partial charge in [-0.25, -0.2) is 12.8 Å². The number of thiophene rings is 1. The van der Waals surface area contributed by atoms with Crippen molar-refractivity contribution in [3.8, 4) is 0 Å². The normalized spacial score (nSPS) is 18.6. The van der Waals surface area contributed by atoms with E-state index in [1.807, 2.05) is 0 Å². The molecule has 0 aliphatic carbocycles. The van der Waals surface area contributed by atoms with Gasteiger partial charge in [-0.05, 0) is 42.0 Å². The van der Waals surface area contributed by atoms with Crippen LogP contribution in [-0.4, -0.2) is 31.2 Å². The van der Waals surface area contributed by atoms with E-state index in [2.05, 4.69) is 5.32 Å². The van der Waals surface area contributed by atoms with Gasteiger partial charge in [0.15, 0.2) is 0 Å². The van der Waals surface area contributed by atoms with E-state index < -0.39 is 10.0 Å². The number of piperidine rings is 1. The second-order valence-corrected chi connectivity index (χ2v) is 9.37. The van der Waals surface area contributed by atoms with Gasteiger partial charge in [0.1, 0.15) is 10.0 Å². The van der Waals surface area contributed by atoms with E-state index in [9.17, 15) is 17.6 Å². The number of benzene rings is 1. The Bertz CT molecular complexity index is 836. The van der Waals surface area contributed by atoms with Gasteiger partial charge >= 0.3 is 0 Å². The average molecular weight is 397 g/mol. The fourth-order valence-corrected chi connectivity index (χ4v) is 5.92. The molecule has 26 heavy (non-hydrogen) atoms. The topological polar surface area (TPSA) is 66.5 Å². The number of hydrogen-bond acceptors (Lipinski definition) is 4. The Hall–Kier alpha value is -1.77. The van der Waals surface area contributed by atoms with Crippen LogP contribution in [0.4, 0.5) is 4.39 Å². The predicted molar refractivity (Wildman–Crippen MR) is 98.7 cm³/mol. The number of halogens is 1. The summed E-state index contributed by atoms with van der Waals surface area (Å²) < 4.78 is 40.3. The van der Waals surface area contributed by atoms with Crippen LogP contribution >= 0.6 is 11.3 Å². The number of carbonyl (C=O) groups excluding carboxylic acids is 1. The number of carbonyl (C=O) groups is 1. The van der Waals surface area contributed by atoms with E-state index in [0.29, 0.717) is 23.7 Å². The molecule has 0 bridgehead atoms. The zero-order valence-corrected chi connectivity index (χ0v) is 15.9. The molecular weight excluding hydrogens is 375 g/mol. The molecule has 1 amide bonds. The van der Waals surface area contributed by atoms with Crippen molar-refractivity contribution in [2.75, 3.05) is 6.54 Å². The molecule has 2 aromatic rings. The Morgan fingerprint density at radius 2 is 2.00 bits per heavy atom. The van der Waals surface area contributed by atoms with E-state index in [1.54, 1.807) is 29.6 Å². The summed E-state index contributed by atoms with van der Waals surface area (Å²) >= 11 is 1.19. The first-order chi connectivity index (χ1) is 12.5. The van der Waals surface area contributed by atoms with Crippen LogP contribution in [0, 0.1) is 5.82 Å². The maximum absolute atomic E-state index is 12.9. The van der Waals surface area contributed by atoms with Crippen LogP contribution in [0.25, 0.3) is 0 Å². The monoisotopic (exact) mass is 396 g/mol. The number of hydrogen-bond donors (Lipinski definition) is 1. The Kier molecular flexibility index (Phi) is 6.05. The fourth-order valence-electron chi connectivity index (χ4n) is 3.11. The lowest BCUT2D eigenvalue weighted by Gasteiger charge is -2.34. The molecule has 1 aromatic heterocycles. The number of nitrogens with one attached hydrogen (secondary N) is 1. The van der Waals surface area contributed by atoms with Gasteiger partial charge in [-0.3, -0.25) is 4.79 Å². The van der Waals surface area contributed by atoms with Crippen LogP contribution in [0.5, 0.6) is 0 Å². The molecule has 0 unspecified atom stereocenters. The SMILES string of the molecule is O=C(C[C@@H]1CCCCN1S(=O)(=O)c1cccs1)NCc1ccc(F)cc1. The first-order valence-corrected chi connectivity index (χ1v) is 10.9. The van der Waals surface area contributed by atoms with Crippen molar-refractivity contribution in [2.45, 2.75) is 42.5 Å². The zero-order valence-electron chi connectivity index (χ0n) is 14.2. The highest BCUT2D eigenvalue weighted by molar-refractivity contribution is 7.91. The summed E-state index contributed by atoms with van der Waals surface area (Å²) in [6, 6.07) is 8.90. The van der Waals surface area contributed by atoms with E-state index >= 15 is 0 Å². The van der Waals surface area contributed by atoms with Gasteiger partial charge in [-0.2, -0.15) is 4.31 Å². The lowest BCUT2D eigenvalue weighted by Crippen LogP contribution is -2.45. The highest BCUT2D eigenvalue weighted by Crippen LogP contribution is 2.29. The predicted octanol–water partition coefficient (Wildman–Crippen LogP) is 3.14. The molecule has 0 spiro atoms. The first kappa shape index (κ1) is 19.0. The summed E-state index contributed by atoms with van der Waals surface area (Å²) in [5.41, 5.74) is 0.798. The number of sulfonamides is 1. The van der Waals surface area contributed by atoms with Gasteiger partial charge in [-0.15, -0.1) is 11.3 Å². The summed E-state index contributed by atoms with van der Waals surface area (Å²) in [6.07, 6.45) is 2.52. The molecule has 1 N–H and O–H groups in total. The minimum atomic E-state index is -3.56. The molecule has 140 valence electrons. The molecule has 1 fully saturated rings. The molecule has 1 aliphatic heterocycles. The molecule has 1 atom stereocenters. The van der Waals surface area contributed by atoms with Crippen molar-refractivity contribution in [3.63, 3.8) is 0 Å². The third kappa shape index (κ3) is 4.49. The molecule has 8 heteroatoms. The van der Waals surface area contributed by atoms with Crippen LogP contribution < -0.4 is 5.32 Å². The number of nitrogens with zero attached hydrogens (tertiary/aromatic N) is 1. The van der Waals surface area contributed by atoms with Crippen LogP contribution in [0.2, 0.25) is 0 Å². The minimum absolute atomic E-state index is 0.131. The van der Waals surface area contributed by atoms with Gasteiger partial charge in [0.2, 0.25) is 5.91 Å². The van der Waals surface area contributed by atoms with Gasteiger partial charge in [-0.1, -0.05) is 24.6 Å². The fraction of sp³-hybridized carbons (Fsp3) is 0.389.